The van der Waals surface area contributed by atoms with E-state index in [4.69, 9.17) is 19.3 Å². The van der Waals surface area contributed by atoms with Gasteiger partial charge in [-0.25, -0.2) is 4.79 Å². The minimum atomic E-state index is -0.755. The summed E-state index contributed by atoms with van der Waals surface area (Å²) < 4.78 is 19.9. The molecule has 0 amide bonds. The van der Waals surface area contributed by atoms with Crippen LogP contribution in [0.2, 0.25) is 0 Å². The first-order valence-corrected chi connectivity index (χ1v) is 9.16. The van der Waals surface area contributed by atoms with E-state index in [1.54, 1.807) is 0 Å². The second-order valence-electron chi connectivity index (χ2n) is 5.60. The number of carbonyl (C=O) groups excluding carboxylic acids is 2. The standard InChI is InChI=1S/C17H32N2O8/c20-15-26-14-19-8-4-10-27-17(23)13-25-12-11-24-9-3-7-18-6-2-1-5-16(21)22/h15,18-19H,1-14H2,(H,21,22). The largest absolute Gasteiger partial charge is 0.481 e. The molecule has 0 radical (unpaired) electrons. The van der Waals surface area contributed by atoms with Crippen molar-refractivity contribution in [2.24, 2.45) is 0 Å². The number of unbranched alkanes of at least 4 members (excludes halogenated alkanes) is 1. The summed E-state index contributed by atoms with van der Waals surface area (Å²) in [7, 11) is 0. The molecule has 0 saturated heterocycles. The topological polar surface area (TPSA) is 132 Å². The van der Waals surface area contributed by atoms with Crippen LogP contribution in [0, 0.1) is 0 Å². The molecule has 0 fully saturated rings. The van der Waals surface area contributed by atoms with Gasteiger partial charge in [0.25, 0.3) is 6.47 Å². The zero-order chi connectivity index (χ0) is 20.0. The Labute approximate surface area is 159 Å². The van der Waals surface area contributed by atoms with Crippen molar-refractivity contribution >= 4 is 18.4 Å². The summed E-state index contributed by atoms with van der Waals surface area (Å²) in [6.07, 6.45) is 3.22. The molecule has 10 heteroatoms. The van der Waals surface area contributed by atoms with Gasteiger partial charge < -0.3 is 29.4 Å². The minimum Gasteiger partial charge on any atom is -0.481 e. The van der Waals surface area contributed by atoms with Gasteiger partial charge in [-0.1, -0.05) is 0 Å². The number of hydrogen-bond donors (Lipinski definition) is 3. The molecule has 0 aliphatic heterocycles. The second-order valence-corrected chi connectivity index (χ2v) is 5.60. The quantitative estimate of drug-likeness (QED) is 0.105. The first kappa shape index (κ1) is 25.2. The number of nitrogens with one attached hydrogen (secondary N) is 2. The van der Waals surface area contributed by atoms with E-state index < -0.39 is 11.9 Å². The molecule has 27 heavy (non-hydrogen) atoms. The van der Waals surface area contributed by atoms with E-state index in [1.807, 2.05) is 0 Å². The van der Waals surface area contributed by atoms with Crippen LogP contribution in [0.3, 0.4) is 0 Å². The van der Waals surface area contributed by atoms with Gasteiger partial charge in [-0.2, -0.15) is 0 Å². The number of aliphatic carboxylic acids is 1. The summed E-state index contributed by atoms with van der Waals surface area (Å²) >= 11 is 0. The number of hydrogen-bond acceptors (Lipinski definition) is 9. The fourth-order valence-corrected chi connectivity index (χ4v) is 1.92. The van der Waals surface area contributed by atoms with Crippen molar-refractivity contribution in [3.05, 3.63) is 0 Å². The highest BCUT2D eigenvalue weighted by Gasteiger charge is 2.02. The number of ether oxygens (including phenoxy) is 4. The van der Waals surface area contributed by atoms with Crippen molar-refractivity contribution in [3.8, 4) is 0 Å². The summed E-state index contributed by atoms with van der Waals surface area (Å²) in [6, 6.07) is 0. The molecule has 0 spiro atoms. The van der Waals surface area contributed by atoms with E-state index in [9.17, 15) is 14.4 Å². The lowest BCUT2D eigenvalue weighted by atomic mass is 10.2. The maximum Gasteiger partial charge on any atom is 0.332 e. The maximum absolute atomic E-state index is 11.4. The summed E-state index contributed by atoms with van der Waals surface area (Å²) in [5, 5.41) is 14.6. The van der Waals surface area contributed by atoms with Gasteiger partial charge in [-0.15, -0.1) is 0 Å². The summed E-state index contributed by atoms with van der Waals surface area (Å²) in [5.74, 6) is -1.18. The molecule has 0 heterocycles. The molecule has 0 unspecified atom stereocenters. The van der Waals surface area contributed by atoms with E-state index >= 15 is 0 Å². The van der Waals surface area contributed by atoms with Crippen LogP contribution >= 0.6 is 0 Å². The highest BCUT2D eigenvalue weighted by Crippen LogP contribution is 1.93. The normalized spacial score (nSPS) is 10.5. The van der Waals surface area contributed by atoms with Crippen LogP contribution in [-0.4, -0.2) is 82.9 Å². The van der Waals surface area contributed by atoms with Crippen LogP contribution in [0.1, 0.15) is 32.1 Å². The lowest BCUT2D eigenvalue weighted by Crippen LogP contribution is -2.21. The molecule has 0 aromatic carbocycles. The molecule has 0 atom stereocenters. The summed E-state index contributed by atoms with van der Waals surface area (Å²) in [6.45, 7) is 4.19. The Hall–Kier alpha value is -1.75. The van der Waals surface area contributed by atoms with Crippen LogP contribution in [0.5, 0.6) is 0 Å². The highest BCUT2D eigenvalue weighted by atomic mass is 16.6. The number of carbonyl (C=O) groups is 3. The van der Waals surface area contributed by atoms with Crippen molar-refractivity contribution in [1.82, 2.24) is 10.6 Å². The van der Waals surface area contributed by atoms with Gasteiger partial charge >= 0.3 is 11.9 Å². The monoisotopic (exact) mass is 392 g/mol. The Morgan fingerprint density at radius 1 is 0.852 bits per heavy atom. The molecule has 10 nitrogen and oxygen atoms in total. The van der Waals surface area contributed by atoms with Gasteiger partial charge in [0.1, 0.15) is 13.3 Å². The molecule has 0 saturated carbocycles. The average Bonchev–Trinajstić information content (AvgIpc) is 2.64. The average molecular weight is 392 g/mol. The fraction of sp³-hybridized carbons (Fsp3) is 0.824. The Kier molecular flexibility index (Phi) is 19.2. The zero-order valence-corrected chi connectivity index (χ0v) is 15.8. The lowest BCUT2D eigenvalue weighted by molar-refractivity contribution is -0.149. The van der Waals surface area contributed by atoms with Crippen LogP contribution in [-0.2, 0) is 33.3 Å². The molecular weight excluding hydrogens is 360 g/mol. The van der Waals surface area contributed by atoms with E-state index in [0.29, 0.717) is 45.7 Å². The lowest BCUT2D eigenvalue weighted by Gasteiger charge is -2.07. The third-order valence-electron chi connectivity index (χ3n) is 3.24. The van der Waals surface area contributed by atoms with Crippen LogP contribution in [0.25, 0.3) is 0 Å². The molecular formula is C17H32N2O8. The molecule has 0 rings (SSSR count). The Balaban J connectivity index is 3.15. The number of carboxylic acid groups (broad SMARTS) is 1. The van der Waals surface area contributed by atoms with Gasteiger partial charge in [0, 0.05) is 19.6 Å². The van der Waals surface area contributed by atoms with Crippen molar-refractivity contribution in [2.45, 2.75) is 32.1 Å². The molecule has 0 aromatic rings. The maximum atomic E-state index is 11.4. The minimum absolute atomic E-state index is 0.108. The fourth-order valence-electron chi connectivity index (χ4n) is 1.92. The van der Waals surface area contributed by atoms with Crippen LogP contribution in [0.15, 0.2) is 0 Å². The molecule has 0 bridgehead atoms. The van der Waals surface area contributed by atoms with E-state index in [1.165, 1.54) is 0 Å². The van der Waals surface area contributed by atoms with Crippen molar-refractivity contribution in [1.29, 1.82) is 0 Å². The van der Waals surface area contributed by atoms with E-state index in [0.717, 1.165) is 25.9 Å². The van der Waals surface area contributed by atoms with Crippen LogP contribution < -0.4 is 10.6 Å². The zero-order valence-electron chi connectivity index (χ0n) is 15.8. The number of carboxylic acids is 1. The SMILES string of the molecule is O=COCNCCCOC(=O)COCCOCCCNCCCCC(=O)O. The van der Waals surface area contributed by atoms with Gasteiger partial charge in [0.15, 0.2) is 0 Å². The smallest absolute Gasteiger partial charge is 0.332 e. The van der Waals surface area contributed by atoms with E-state index in [-0.39, 0.29) is 26.4 Å². The summed E-state index contributed by atoms with van der Waals surface area (Å²) in [4.78, 5) is 31.6. The highest BCUT2D eigenvalue weighted by molar-refractivity contribution is 5.70. The first-order valence-electron chi connectivity index (χ1n) is 9.16. The predicted molar refractivity (Wildman–Crippen MR) is 96.2 cm³/mol. The van der Waals surface area contributed by atoms with Gasteiger partial charge in [0.05, 0.1) is 19.8 Å². The van der Waals surface area contributed by atoms with Gasteiger partial charge in [-0.3, -0.25) is 14.9 Å². The first-order chi connectivity index (χ1) is 13.2. The van der Waals surface area contributed by atoms with E-state index in [2.05, 4.69) is 15.4 Å². The number of rotatable bonds is 21. The third kappa shape index (κ3) is 22.2. The molecule has 3 N–H and O–H groups in total. The Morgan fingerprint density at radius 2 is 1.56 bits per heavy atom. The van der Waals surface area contributed by atoms with Crippen molar-refractivity contribution < 1.29 is 38.4 Å². The molecule has 0 aromatic heterocycles. The molecule has 0 aliphatic carbocycles. The Bertz CT molecular complexity index is 382. The third-order valence-corrected chi connectivity index (χ3v) is 3.24. The number of esters is 1. The van der Waals surface area contributed by atoms with Gasteiger partial charge in [-0.05, 0) is 38.8 Å². The predicted octanol–water partition coefficient (Wildman–Crippen LogP) is -0.0924. The second kappa shape index (κ2) is 20.6. The molecule has 158 valence electrons. The summed E-state index contributed by atoms with van der Waals surface area (Å²) in [5.41, 5.74) is 0. The Morgan fingerprint density at radius 3 is 2.33 bits per heavy atom. The van der Waals surface area contributed by atoms with Crippen molar-refractivity contribution in [2.75, 3.05) is 59.4 Å². The van der Waals surface area contributed by atoms with Crippen molar-refractivity contribution in [3.63, 3.8) is 0 Å². The van der Waals surface area contributed by atoms with Gasteiger partial charge in [0.2, 0.25) is 0 Å². The molecule has 0 aliphatic rings. The van der Waals surface area contributed by atoms with Crippen LogP contribution in [0.4, 0.5) is 0 Å².